The summed E-state index contributed by atoms with van der Waals surface area (Å²) in [5.41, 5.74) is 4.00. The number of nitrogen functional groups attached to an aromatic ring is 1. The van der Waals surface area contributed by atoms with Gasteiger partial charge in [-0.15, -0.1) is 0 Å². The third kappa shape index (κ3) is 1.60. The molecule has 0 fully saturated rings. The molecule has 1 aromatic carbocycles. The molecule has 1 aliphatic rings. The highest BCUT2D eigenvalue weighted by Gasteiger charge is 2.30. The van der Waals surface area contributed by atoms with Crippen molar-refractivity contribution < 1.29 is 0 Å². The second kappa shape index (κ2) is 4.32. The highest BCUT2D eigenvalue weighted by atomic mass is 31.1. The van der Waals surface area contributed by atoms with E-state index in [2.05, 4.69) is 51.8 Å². The Labute approximate surface area is 117 Å². The summed E-state index contributed by atoms with van der Waals surface area (Å²) in [4.78, 5) is 1.38. The number of rotatable bonds is 0. The van der Waals surface area contributed by atoms with E-state index in [1.807, 2.05) is 12.1 Å². The van der Waals surface area contributed by atoms with Crippen LogP contribution in [0.3, 0.4) is 0 Å². The number of aromatic nitrogens is 3. The molecule has 1 unspecified atom stereocenters. The van der Waals surface area contributed by atoms with Crippen LogP contribution < -0.4 is 11.2 Å². The van der Waals surface area contributed by atoms with E-state index in [0.29, 0.717) is 0 Å². The normalized spacial score (nSPS) is 13.3. The zero-order chi connectivity index (χ0) is 13.5. The van der Waals surface area contributed by atoms with Crippen LogP contribution in [0.1, 0.15) is 5.30 Å². The van der Waals surface area contributed by atoms with Crippen LogP contribution in [0.5, 0.6) is 0 Å². The topological polar surface area (TPSA) is 68.8 Å². The fourth-order valence-electron chi connectivity index (χ4n) is 2.55. The van der Waals surface area contributed by atoms with E-state index < -0.39 is 7.53 Å². The van der Waals surface area contributed by atoms with Gasteiger partial charge in [-0.25, -0.2) is 0 Å². The lowest BCUT2D eigenvalue weighted by Crippen LogP contribution is -2.13. The first-order valence-electron chi connectivity index (χ1n) is 6.38. The molecule has 0 saturated carbocycles. The summed E-state index contributed by atoms with van der Waals surface area (Å²) >= 11 is 0. The van der Waals surface area contributed by atoms with E-state index in [0.717, 1.165) is 28.9 Å². The number of fused-ring (bicyclic) bond motifs is 5. The van der Waals surface area contributed by atoms with Crippen LogP contribution in [0.15, 0.2) is 48.3 Å². The van der Waals surface area contributed by atoms with Gasteiger partial charge < -0.3 is 11.2 Å². The van der Waals surface area contributed by atoms with Crippen molar-refractivity contribution in [3.8, 4) is 16.7 Å². The van der Waals surface area contributed by atoms with Gasteiger partial charge in [-0.3, -0.25) is 0 Å². The van der Waals surface area contributed by atoms with Gasteiger partial charge in [-0.05, 0) is 23.4 Å². The lowest BCUT2D eigenvalue weighted by atomic mass is 10.1. The minimum absolute atomic E-state index is 0.597. The summed E-state index contributed by atoms with van der Waals surface area (Å²) in [6.45, 7) is 0.820. The molecule has 1 aliphatic heterocycles. The summed E-state index contributed by atoms with van der Waals surface area (Å²) < 4.78 is 0. The van der Waals surface area contributed by atoms with Crippen LogP contribution in [-0.4, -0.2) is 15.1 Å². The van der Waals surface area contributed by atoms with Gasteiger partial charge in [0.05, 0.1) is 6.54 Å². The van der Waals surface area contributed by atoms with Gasteiger partial charge in [0.1, 0.15) is 5.80 Å². The standard InChI is InChI=1S/C14H13N5P/c15-19-13-11-6-1-2-7-12(11)16-9-10-5-3-4-8-20(10)14(13)17-18-19/h1-8,16H,9,15H2/q+1. The van der Waals surface area contributed by atoms with Gasteiger partial charge in [-0.1, -0.05) is 29.4 Å². The third-order valence-corrected chi connectivity index (χ3v) is 5.65. The Bertz CT molecular complexity index is 796. The smallest absolute Gasteiger partial charge is 0.292 e. The number of para-hydroxylation sites is 1. The molecule has 0 aliphatic carbocycles. The maximum atomic E-state index is 5.99. The molecule has 3 aromatic rings. The first kappa shape index (κ1) is 11.4. The summed E-state index contributed by atoms with van der Waals surface area (Å²) in [5, 5.41) is 13.2. The van der Waals surface area contributed by atoms with Gasteiger partial charge in [0.2, 0.25) is 0 Å². The van der Waals surface area contributed by atoms with Crippen molar-refractivity contribution in [3.05, 3.63) is 53.6 Å². The van der Waals surface area contributed by atoms with Gasteiger partial charge in [0.25, 0.3) is 5.44 Å². The Balaban J connectivity index is 2.08. The lowest BCUT2D eigenvalue weighted by molar-refractivity contribution is 0.772. The van der Waals surface area contributed by atoms with Crippen LogP contribution in [0.25, 0.3) is 16.7 Å². The number of hydrogen-bond donors (Lipinski definition) is 2. The molecule has 4 rings (SSSR count). The van der Waals surface area contributed by atoms with Crippen LogP contribution >= 0.6 is 7.53 Å². The van der Waals surface area contributed by atoms with Gasteiger partial charge in [-0.2, -0.15) is 4.79 Å². The molecule has 0 bridgehead atoms. The highest BCUT2D eigenvalue weighted by molar-refractivity contribution is 7.57. The van der Waals surface area contributed by atoms with Crippen molar-refractivity contribution in [2.75, 3.05) is 11.2 Å². The van der Waals surface area contributed by atoms with Crippen molar-refractivity contribution >= 4 is 13.2 Å². The molecule has 1 atom stereocenters. The van der Waals surface area contributed by atoms with Gasteiger partial charge in [0.15, 0.2) is 18.5 Å². The number of nitrogens with zero attached hydrogens (tertiary/aromatic N) is 3. The Morgan fingerprint density at radius 2 is 2.00 bits per heavy atom. The van der Waals surface area contributed by atoms with Crippen molar-refractivity contribution in [2.45, 2.75) is 6.54 Å². The van der Waals surface area contributed by atoms with Gasteiger partial charge in [0, 0.05) is 11.3 Å². The molecule has 3 heterocycles. The van der Waals surface area contributed by atoms with E-state index in [1.165, 1.54) is 10.1 Å². The monoisotopic (exact) mass is 282 g/mol. The minimum atomic E-state index is -0.597. The van der Waals surface area contributed by atoms with Crippen LogP contribution in [0, 0.1) is 0 Å². The molecule has 3 N–H and O–H groups in total. The predicted octanol–water partition coefficient (Wildman–Crippen LogP) is 2.84. The zero-order valence-corrected chi connectivity index (χ0v) is 11.6. The molecule has 6 heteroatoms. The summed E-state index contributed by atoms with van der Waals surface area (Å²) in [7, 11) is -0.597. The molecule has 0 amide bonds. The molecular weight excluding hydrogens is 269 g/mol. The zero-order valence-electron chi connectivity index (χ0n) is 10.7. The van der Waals surface area contributed by atoms with Crippen molar-refractivity contribution in [1.82, 2.24) is 15.1 Å². The fourth-order valence-corrected chi connectivity index (χ4v) is 4.51. The first-order chi connectivity index (χ1) is 9.84. The molecular formula is C14H13N5P+. The summed E-state index contributed by atoms with van der Waals surface area (Å²) in [6, 6.07) is 14.4. The van der Waals surface area contributed by atoms with E-state index >= 15 is 0 Å². The van der Waals surface area contributed by atoms with Crippen molar-refractivity contribution in [3.63, 3.8) is 0 Å². The second-order valence-electron chi connectivity index (χ2n) is 4.67. The quantitative estimate of drug-likeness (QED) is 0.622. The summed E-state index contributed by atoms with van der Waals surface area (Å²) in [6.07, 6.45) is 0. The fraction of sp³-hybridized carbons (Fsp3) is 0.0714. The number of benzene rings is 1. The number of anilines is 1. The molecule has 98 valence electrons. The SMILES string of the molecule is Nn1nnc2c1-c1ccccc1NCc1cccc[p+]1-2. The van der Waals surface area contributed by atoms with E-state index in [4.69, 9.17) is 5.84 Å². The predicted molar refractivity (Wildman–Crippen MR) is 81.4 cm³/mol. The average molecular weight is 282 g/mol. The highest BCUT2D eigenvalue weighted by Crippen LogP contribution is 2.48. The lowest BCUT2D eigenvalue weighted by Gasteiger charge is -2.13. The van der Waals surface area contributed by atoms with Crippen LogP contribution in [-0.2, 0) is 6.54 Å². The Morgan fingerprint density at radius 1 is 1.15 bits per heavy atom. The molecule has 0 radical (unpaired) electrons. The Kier molecular flexibility index (Phi) is 2.47. The van der Waals surface area contributed by atoms with E-state index in [1.54, 1.807) is 0 Å². The number of hydrogen-bond acceptors (Lipinski definition) is 4. The van der Waals surface area contributed by atoms with Crippen LogP contribution in [0.4, 0.5) is 5.69 Å². The largest absolute Gasteiger partial charge is 0.377 e. The summed E-state index contributed by atoms with van der Waals surface area (Å²) in [5.74, 6) is 8.19. The molecule has 0 spiro atoms. The Hall–Kier alpha value is -2.39. The van der Waals surface area contributed by atoms with Crippen molar-refractivity contribution in [2.24, 2.45) is 0 Å². The third-order valence-electron chi connectivity index (χ3n) is 3.49. The first-order valence-corrected chi connectivity index (χ1v) is 7.79. The maximum Gasteiger partial charge on any atom is 0.292 e. The molecule has 2 aromatic heterocycles. The van der Waals surface area contributed by atoms with Crippen molar-refractivity contribution in [1.29, 1.82) is 0 Å². The molecule has 0 saturated heterocycles. The molecule has 5 nitrogen and oxygen atoms in total. The second-order valence-corrected chi connectivity index (χ2v) is 6.70. The van der Waals surface area contributed by atoms with E-state index in [9.17, 15) is 0 Å². The maximum absolute atomic E-state index is 5.99. The average Bonchev–Trinajstić information content (AvgIpc) is 2.85. The Morgan fingerprint density at radius 3 is 2.95 bits per heavy atom. The van der Waals surface area contributed by atoms with Gasteiger partial charge >= 0.3 is 0 Å². The number of nitrogens with one attached hydrogen (secondary N) is 1. The van der Waals surface area contributed by atoms with E-state index in [-0.39, 0.29) is 0 Å². The minimum Gasteiger partial charge on any atom is -0.377 e. The van der Waals surface area contributed by atoms with Crippen LogP contribution in [0.2, 0.25) is 0 Å². The molecule has 20 heavy (non-hydrogen) atoms. The number of nitrogens with two attached hydrogens (primary N) is 1.